The van der Waals surface area contributed by atoms with Gasteiger partial charge in [-0.2, -0.15) is 0 Å². The highest BCUT2D eigenvalue weighted by atomic mass is 31.2. The van der Waals surface area contributed by atoms with Crippen LogP contribution in [0, 0.1) is 0 Å². The van der Waals surface area contributed by atoms with Crippen molar-refractivity contribution in [3.8, 4) is 0 Å². The van der Waals surface area contributed by atoms with Gasteiger partial charge in [0.25, 0.3) is 0 Å². The molecule has 11 heteroatoms. The molecule has 0 rings (SSSR count). The van der Waals surface area contributed by atoms with Gasteiger partial charge in [0.2, 0.25) is 0 Å². The fourth-order valence-corrected chi connectivity index (χ4v) is 8.13. The quantitative estimate of drug-likeness (QED) is 0.0233. The van der Waals surface area contributed by atoms with E-state index >= 15 is 0 Å². The third kappa shape index (κ3) is 46.4. The van der Waals surface area contributed by atoms with Gasteiger partial charge in [-0.15, -0.1) is 0 Å². The molecule has 0 heterocycles. The molecule has 0 aliphatic rings. The van der Waals surface area contributed by atoms with Crippen molar-refractivity contribution in [2.45, 2.75) is 264 Å². The van der Waals surface area contributed by atoms with E-state index in [4.69, 9.17) is 23.6 Å². The molecular weight excluding hydrogens is 804 g/mol. The van der Waals surface area contributed by atoms with E-state index < -0.39 is 51.8 Å². The summed E-state index contributed by atoms with van der Waals surface area (Å²) < 4.78 is 32.9. The van der Waals surface area contributed by atoms with Crippen LogP contribution in [0.25, 0.3) is 0 Å². The van der Waals surface area contributed by atoms with Gasteiger partial charge in [-0.3, -0.25) is 18.6 Å². The highest BCUT2D eigenvalue weighted by Crippen LogP contribution is 2.43. The maximum atomic E-state index is 12.7. The molecule has 3 N–H and O–H groups in total. The highest BCUT2D eigenvalue weighted by molar-refractivity contribution is 7.47. The van der Waals surface area contributed by atoms with Crippen molar-refractivity contribution in [2.75, 3.05) is 26.4 Å². The molecule has 10 nitrogen and oxygen atoms in total. The summed E-state index contributed by atoms with van der Waals surface area (Å²) in [5, 5.41) is 18.4. The minimum atomic E-state index is -4.62. The zero-order chi connectivity index (χ0) is 45.5. The Labute approximate surface area is 380 Å². The molecular formula is C51H97O10P. The molecule has 0 aliphatic carbocycles. The van der Waals surface area contributed by atoms with E-state index in [1.807, 2.05) is 0 Å². The second-order valence-corrected chi connectivity index (χ2v) is 19.0. The van der Waals surface area contributed by atoms with Crippen molar-refractivity contribution >= 4 is 19.8 Å². The molecule has 0 radical (unpaired) electrons. The van der Waals surface area contributed by atoms with Crippen LogP contribution in [0.5, 0.6) is 0 Å². The molecule has 3 unspecified atom stereocenters. The largest absolute Gasteiger partial charge is 0.472 e. The minimum absolute atomic E-state index is 0.184. The third-order valence-corrected chi connectivity index (χ3v) is 12.3. The van der Waals surface area contributed by atoms with Gasteiger partial charge in [0.05, 0.1) is 19.8 Å². The van der Waals surface area contributed by atoms with Crippen molar-refractivity contribution in [2.24, 2.45) is 0 Å². The molecule has 366 valence electrons. The highest BCUT2D eigenvalue weighted by Gasteiger charge is 2.27. The predicted molar refractivity (Wildman–Crippen MR) is 256 cm³/mol. The maximum absolute atomic E-state index is 12.7. The van der Waals surface area contributed by atoms with Crippen molar-refractivity contribution < 1.29 is 47.8 Å². The molecule has 0 spiro atoms. The molecule has 0 saturated carbocycles. The van der Waals surface area contributed by atoms with Crippen molar-refractivity contribution in [1.29, 1.82) is 0 Å². The Morgan fingerprint density at radius 2 is 0.790 bits per heavy atom. The number of aliphatic hydroxyl groups is 2. The summed E-state index contributed by atoms with van der Waals surface area (Å²) in [7, 11) is -4.62. The van der Waals surface area contributed by atoms with E-state index in [1.54, 1.807) is 0 Å². The van der Waals surface area contributed by atoms with Crippen molar-refractivity contribution in [3.63, 3.8) is 0 Å². The zero-order valence-corrected chi connectivity index (χ0v) is 41.0. The first-order valence-corrected chi connectivity index (χ1v) is 27.3. The van der Waals surface area contributed by atoms with Gasteiger partial charge < -0.3 is 24.6 Å². The number of phosphoric ester groups is 1. The fraction of sp³-hybridized carbons (Fsp3) is 0.882. The number of rotatable bonds is 49. The Bertz CT molecular complexity index is 1080. The lowest BCUT2D eigenvalue weighted by molar-refractivity contribution is -0.161. The molecule has 0 amide bonds. The Balaban J connectivity index is 4.15. The number of carbonyl (C=O) groups is 2. The number of hydrogen-bond donors (Lipinski definition) is 3. The van der Waals surface area contributed by atoms with E-state index in [-0.39, 0.29) is 19.4 Å². The van der Waals surface area contributed by atoms with Crippen LogP contribution < -0.4 is 0 Å². The molecule has 3 atom stereocenters. The van der Waals surface area contributed by atoms with Crippen LogP contribution >= 0.6 is 7.82 Å². The smallest absolute Gasteiger partial charge is 0.462 e. The molecule has 0 bridgehead atoms. The molecule has 0 aromatic carbocycles. The Hall–Kier alpha value is -1.55. The molecule has 0 aliphatic heterocycles. The van der Waals surface area contributed by atoms with Crippen LogP contribution in [0.2, 0.25) is 0 Å². The Morgan fingerprint density at radius 1 is 0.468 bits per heavy atom. The van der Waals surface area contributed by atoms with Crippen LogP contribution in [-0.2, 0) is 32.7 Å². The zero-order valence-electron chi connectivity index (χ0n) is 40.1. The summed E-state index contributed by atoms with van der Waals surface area (Å²) in [6.07, 6.45) is 50.0. The second-order valence-electron chi connectivity index (χ2n) is 17.5. The van der Waals surface area contributed by atoms with Gasteiger partial charge in [-0.05, 0) is 64.2 Å². The Kier molecular flexibility index (Phi) is 46.2. The number of aliphatic hydroxyl groups excluding tert-OH is 2. The van der Waals surface area contributed by atoms with E-state index in [0.29, 0.717) is 12.8 Å². The normalized spacial score (nSPS) is 13.8. The summed E-state index contributed by atoms with van der Waals surface area (Å²) in [4.78, 5) is 35.2. The van der Waals surface area contributed by atoms with Crippen LogP contribution in [0.1, 0.15) is 251 Å². The van der Waals surface area contributed by atoms with E-state index in [9.17, 15) is 24.2 Å². The van der Waals surface area contributed by atoms with Gasteiger partial charge in [0.1, 0.15) is 12.7 Å². The lowest BCUT2D eigenvalue weighted by Crippen LogP contribution is -2.29. The average molecular weight is 901 g/mol. The van der Waals surface area contributed by atoms with E-state index in [2.05, 4.69) is 38.2 Å². The lowest BCUT2D eigenvalue weighted by Gasteiger charge is -2.20. The monoisotopic (exact) mass is 901 g/mol. The summed E-state index contributed by atoms with van der Waals surface area (Å²) in [6, 6.07) is 0. The first kappa shape index (κ1) is 60.5. The summed E-state index contributed by atoms with van der Waals surface area (Å²) in [5.41, 5.74) is 0. The number of ether oxygens (including phenoxy) is 2. The van der Waals surface area contributed by atoms with E-state index in [1.165, 1.54) is 161 Å². The van der Waals surface area contributed by atoms with Crippen molar-refractivity contribution in [3.05, 3.63) is 24.3 Å². The number of carbonyl (C=O) groups excluding carboxylic acids is 2. The van der Waals surface area contributed by atoms with Crippen LogP contribution in [0.15, 0.2) is 24.3 Å². The molecule has 0 aromatic rings. The first-order chi connectivity index (χ1) is 30.2. The van der Waals surface area contributed by atoms with Gasteiger partial charge in [-0.1, -0.05) is 199 Å². The average Bonchev–Trinajstić information content (AvgIpc) is 3.26. The van der Waals surface area contributed by atoms with Gasteiger partial charge in [-0.25, -0.2) is 4.57 Å². The molecule has 0 aromatic heterocycles. The predicted octanol–water partition coefficient (Wildman–Crippen LogP) is 14.5. The van der Waals surface area contributed by atoms with Crippen LogP contribution in [-0.4, -0.2) is 65.7 Å². The van der Waals surface area contributed by atoms with Crippen LogP contribution in [0.4, 0.5) is 0 Å². The third-order valence-electron chi connectivity index (χ3n) is 11.3. The Morgan fingerprint density at radius 3 is 1.16 bits per heavy atom. The molecule has 62 heavy (non-hydrogen) atoms. The lowest BCUT2D eigenvalue weighted by atomic mass is 10.0. The number of unbranched alkanes of at least 4 members (excludes halogenated alkanes) is 31. The molecule has 0 fully saturated rings. The summed E-state index contributed by atoms with van der Waals surface area (Å²) in [5.74, 6) is -0.924. The van der Waals surface area contributed by atoms with Gasteiger partial charge >= 0.3 is 19.8 Å². The number of esters is 2. The summed E-state index contributed by atoms with van der Waals surface area (Å²) in [6.45, 7) is 2.41. The number of allylic oxidation sites excluding steroid dienone is 4. The van der Waals surface area contributed by atoms with Gasteiger partial charge in [0, 0.05) is 12.8 Å². The number of hydrogen-bond acceptors (Lipinski definition) is 9. The van der Waals surface area contributed by atoms with Gasteiger partial charge in [0.15, 0.2) is 6.10 Å². The number of phosphoric acid groups is 1. The van der Waals surface area contributed by atoms with Crippen LogP contribution in [0.3, 0.4) is 0 Å². The maximum Gasteiger partial charge on any atom is 0.472 e. The standard InChI is InChI=1S/C51H97O10P/c1-3-5-7-9-11-13-15-17-19-21-22-23-24-25-26-27-29-31-33-35-37-39-41-43-51(55)61-49(47-60-62(56,57)59-45-48(53)44-52)46-58-50(54)42-40-38-36-34-32-30-28-20-18-16-14-12-10-8-6-4-2/h20-22,28,48-49,52-53H,3-19,23-27,29-47H2,1-2H3,(H,56,57)/b22-21-,28-20-. The van der Waals surface area contributed by atoms with Crippen molar-refractivity contribution in [1.82, 2.24) is 0 Å². The first-order valence-electron chi connectivity index (χ1n) is 25.8. The second kappa shape index (κ2) is 47.4. The topological polar surface area (TPSA) is 149 Å². The SMILES string of the molecule is CCCCCCCCC/C=C\CCCCCCCC(=O)OCC(COP(=O)(O)OCC(O)CO)OC(=O)CCCCCCCCCCCCC/C=C\CCCCCCCCCC. The molecule has 0 saturated heterocycles. The minimum Gasteiger partial charge on any atom is -0.462 e. The fourth-order valence-electron chi connectivity index (χ4n) is 7.34. The summed E-state index contributed by atoms with van der Waals surface area (Å²) >= 11 is 0. The van der Waals surface area contributed by atoms with E-state index in [0.717, 1.165) is 51.4 Å².